The molecule has 1 fully saturated rings. The third-order valence-corrected chi connectivity index (χ3v) is 4.70. The predicted molar refractivity (Wildman–Crippen MR) is 96.4 cm³/mol. The fraction of sp³-hybridized carbons (Fsp3) is 0.300. The van der Waals surface area contributed by atoms with Gasteiger partial charge in [0.2, 0.25) is 12.7 Å². The zero-order chi connectivity index (χ0) is 18.1. The lowest BCUT2D eigenvalue weighted by atomic mass is 10.1. The molecule has 0 bridgehead atoms. The topological polar surface area (TPSA) is 59.1 Å². The molecule has 6 nitrogen and oxygen atoms in total. The van der Waals surface area contributed by atoms with Crippen molar-refractivity contribution in [2.24, 2.45) is 0 Å². The van der Waals surface area contributed by atoms with E-state index in [9.17, 15) is 9.59 Å². The molecular formula is C20H20N2O4. The number of amides is 2. The van der Waals surface area contributed by atoms with E-state index in [4.69, 9.17) is 9.47 Å². The molecule has 0 spiro atoms. The zero-order valence-corrected chi connectivity index (χ0v) is 14.6. The summed E-state index contributed by atoms with van der Waals surface area (Å²) in [6.45, 7) is 1.46. The van der Waals surface area contributed by atoms with Gasteiger partial charge >= 0.3 is 0 Å². The molecule has 0 radical (unpaired) electrons. The molecule has 0 aliphatic carbocycles. The molecule has 4 rings (SSSR count). The molecule has 2 aromatic rings. The highest BCUT2D eigenvalue weighted by atomic mass is 16.7. The van der Waals surface area contributed by atoms with Crippen molar-refractivity contribution in [3.8, 4) is 11.5 Å². The fourth-order valence-electron chi connectivity index (χ4n) is 3.31. The van der Waals surface area contributed by atoms with Gasteiger partial charge in [0.05, 0.1) is 0 Å². The molecule has 0 atom stereocenters. The second-order valence-corrected chi connectivity index (χ2v) is 6.54. The average Bonchev–Trinajstić information content (AvgIpc) is 3.29. The van der Waals surface area contributed by atoms with Gasteiger partial charge in [0.15, 0.2) is 11.5 Å². The molecule has 2 heterocycles. The van der Waals surface area contributed by atoms with E-state index >= 15 is 0 Å². The second kappa shape index (κ2) is 6.71. The van der Waals surface area contributed by atoms with Crippen molar-refractivity contribution < 1.29 is 19.1 Å². The van der Waals surface area contributed by atoms with Crippen molar-refractivity contribution in [3.05, 3.63) is 53.6 Å². The number of anilines is 1. The van der Waals surface area contributed by atoms with Crippen LogP contribution in [-0.2, 0) is 11.3 Å². The number of carbonyl (C=O) groups is 2. The Morgan fingerprint density at radius 1 is 1.12 bits per heavy atom. The Labute approximate surface area is 151 Å². The van der Waals surface area contributed by atoms with Crippen LogP contribution in [0.1, 0.15) is 28.8 Å². The van der Waals surface area contributed by atoms with Gasteiger partial charge in [-0.15, -0.1) is 0 Å². The van der Waals surface area contributed by atoms with Crippen molar-refractivity contribution in [2.45, 2.75) is 19.4 Å². The number of carbonyl (C=O) groups excluding carboxylic acids is 2. The summed E-state index contributed by atoms with van der Waals surface area (Å²) in [5.41, 5.74) is 2.43. The van der Waals surface area contributed by atoms with Gasteiger partial charge in [-0.2, -0.15) is 0 Å². The van der Waals surface area contributed by atoms with E-state index in [1.165, 1.54) is 0 Å². The predicted octanol–water partition coefficient (Wildman–Crippen LogP) is 2.81. The highest BCUT2D eigenvalue weighted by Crippen LogP contribution is 2.32. The number of hydrogen-bond acceptors (Lipinski definition) is 4. The second-order valence-electron chi connectivity index (χ2n) is 6.54. The van der Waals surface area contributed by atoms with Crippen LogP contribution in [0.25, 0.3) is 0 Å². The Kier molecular flexibility index (Phi) is 4.24. The van der Waals surface area contributed by atoms with Crippen LogP contribution in [0.5, 0.6) is 11.5 Å². The largest absolute Gasteiger partial charge is 0.454 e. The SMILES string of the molecule is CN(Cc1ccc2c(c1)OCO2)C(=O)c1ccc(N2CCCC2=O)cc1. The van der Waals surface area contributed by atoms with Gasteiger partial charge in [-0.25, -0.2) is 0 Å². The van der Waals surface area contributed by atoms with E-state index in [-0.39, 0.29) is 18.6 Å². The number of benzene rings is 2. The van der Waals surface area contributed by atoms with Crippen molar-refractivity contribution in [2.75, 3.05) is 25.3 Å². The molecule has 6 heteroatoms. The highest BCUT2D eigenvalue weighted by Gasteiger charge is 2.22. The molecule has 2 aliphatic rings. The van der Waals surface area contributed by atoms with Crippen molar-refractivity contribution in [3.63, 3.8) is 0 Å². The van der Waals surface area contributed by atoms with Gasteiger partial charge in [-0.1, -0.05) is 6.07 Å². The van der Waals surface area contributed by atoms with Crippen LogP contribution >= 0.6 is 0 Å². The van der Waals surface area contributed by atoms with Gasteiger partial charge in [0.25, 0.3) is 5.91 Å². The standard InChI is InChI=1S/C20H20N2O4/c1-21(12-14-4-9-17-18(11-14)26-13-25-17)20(24)15-5-7-16(8-6-15)22-10-2-3-19(22)23/h4-9,11H,2-3,10,12-13H2,1H3. The van der Waals surface area contributed by atoms with E-state index in [1.807, 2.05) is 30.3 Å². The third kappa shape index (κ3) is 3.10. The van der Waals surface area contributed by atoms with Crippen LogP contribution in [0.15, 0.2) is 42.5 Å². The van der Waals surface area contributed by atoms with Crippen LogP contribution in [0.2, 0.25) is 0 Å². The van der Waals surface area contributed by atoms with E-state index < -0.39 is 0 Å². The van der Waals surface area contributed by atoms with Gasteiger partial charge in [0.1, 0.15) is 0 Å². The van der Waals surface area contributed by atoms with Gasteiger partial charge in [0, 0.05) is 37.8 Å². The smallest absolute Gasteiger partial charge is 0.253 e. The third-order valence-electron chi connectivity index (χ3n) is 4.70. The molecule has 134 valence electrons. The van der Waals surface area contributed by atoms with E-state index in [0.29, 0.717) is 24.3 Å². The number of nitrogens with zero attached hydrogens (tertiary/aromatic N) is 2. The van der Waals surface area contributed by atoms with E-state index in [1.54, 1.807) is 29.0 Å². The molecular weight excluding hydrogens is 332 g/mol. The van der Waals surface area contributed by atoms with Crippen LogP contribution in [0.4, 0.5) is 5.69 Å². The van der Waals surface area contributed by atoms with Crippen molar-refractivity contribution in [1.29, 1.82) is 0 Å². The quantitative estimate of drug-likeness (QED) is 0.849. The summed E-state index contributed by atoms with van der Waals surface area (Å²) < 4.78 is 10.7. The molecule has 0 saturated carbocycles. The summed E-state index contributed by atoms with van der Waals surface area (Å²) in [5.74, 6) is 1.52. The molecule has 2 aromatic carbocycles. The number of fused-ring (bicyclic) bond motifs is 1. The van der Waals surface area contributed by atoms with Crippen LogP contribution in [-0.4, -0.2) is 37.1 Å². The fourth-order valence-corrected chi connectivity index (χ4v) is 3.31. The summed E-state index contributed by atoms with van der Waals surface area (Å²) in [6.07, 6.45) is 1.48. The Hall–Kier alpha value is -3.02. The molecule has 1 saturated heterocycles. The number of hydrogen-bond donors (Lipinski definition) is 0. The maximum Gasteiger partial charge on any atom is 0.253 e. The van der Waals surface area contributed by atoms with Gasteiger partial charge < -0.3 is 19.3 Å². The van der Waals surface area contributed by atoms with Crippen LogP contribution in [0, 0.1) is 0 Å². The maximum absolute atomic E-state index is 12.7. The summed E-state index contributed by atoms with van der Waals surface area (Å²) in [6, 6.07) is 12.9. The minimum absolute atomic E-state index is 0.0676. The average molecular weight is 352 g/mol. The maximum atomic E-state index is 12.7. The van der Waals surface area contributed by atoms with Gasteiger partial charge in [-0.3, -0.25) is 9.59 Å². The van der Waals surface area contributed by atoms with E-state index in [2.05, 4.69) is 0 Å². The molecule has 26 heavy (non-hydrogen) atoms. The first kappa shape index (κ1) is 16.4. The molecule has 0 N–H and O–H groups in total. The zero-order valence-electron chi connectivity index (χ0n) is 14.6. The monoisotopic (exact) mass is 352 g/mol. The minimum atomic E-state index is -0.0676. The van der Waals surface area contributed by atoms with Crippen LogP contribution in [0.3, 0.4) is 0 Å². The lowest BCUT2D eigenvalue weighted by Crippen LogP contribution is -2.26. The Morgan fingerprint density at radius 2 is 1.88 bits per heavy atom. The van der Waals surface area contributed by atoms with Crippen molar-refractivity contribution >= 4 is 17.5 Å². The first-order chi connectivity index (χ1) is 12.6. The van der Waals surface area contributed by atoms with E-state index in [0.717, 1.165) is 30.0 Å². The van der Waals surface area contributed by atoms with Gasteiger partial charge in [-0.05, 0) is 48.4 Å². The Bertz CT molecular complexity index is 847. The summed E-state index contributed by atoms with van der Waals surface area (Å²) in [4.78, 5) is 27.9. The lowest BCUT2D eigenvalue weighted by molar-refractivity contribution is -0.117. The molecule has 2 aliphatic heterocycles. The summed E-state index contributed by atoms with van der Waals surface area (Å²) in [7, 11) is 1.77. The minimum Gasteiger partial charge on any atom is -0.454 e. The Balaban J connectivity index is 1.44. The Morgan fingerprint density at radius 3 is 2.62 bits per heavy atom. The van der Waals surface area contributed by atoms with Crippen molar-refractivity contribution in [1.82, 2.24) is 4.90 Å². The number of rotatable bonds is 4. The normalized spacial score (nSPS) is 15.4. The highest BCUT2D eigenvalue weighted by molar-refractivity contribution is 5.97. The summed E-state index contributed by atoms with van der Waals surface area (Å²) >= 11 is 0. The first-order valence-corrected chi connectivity index (χ1v) is 8.66. The van der Waals surface area contributed by atoms with Crippen LogP contribution < -0.4 is 14.4 Å². The molecule has 0 aromatic heterocycles. The molecule has 0 unspecified atom stereocenters. The number of ether oxygens (including phenoxy) is 2. The molecule has 2 amide bonds. The first-order valence-electron chi connectivity index (χ1n) is 8.66. The summed E-state index contributed by atoms with van der Waals surface area (Å²) in [5, 5.41) is 0. The lowest BCUT2D eigenvalue weighted by Gasteiger charge is -2.19.